The molecular formula is C10H16FeN4O2. The Kier molecular flexibility index (Phi) is 10.7. The first kappa shape index (κ1) is 18.2. The van der Waals surface area contributed by atoms with Gasteiger partial charge in [-0.25, -0.2) is 0 Å². The molecule has 0 fully saturated rings. The zero-order valence-corrected chi connectivity index (χ0v) is 11.5. The fraction of sp³-hybridized carbons (Fsp3) is 0.600. The van der Waals surface area contributed by atoms with E-state index in [2.05, 4.69) is 20.3 Å². The Hall–Kier alpha value is -1.20. The van der Waals surface area contributed by atoms with Crippen LogP contribution in [0.3, 0.4) is 0 Å². The summed E-state index contributed by atoms with van der Waals surface area (Å²) in [7, 11) is 0. The molecule has 0 bridgehead atoms. The summed E-state index contributed by atoms with van der Waals surface area (Å²) in [6.07, 6.45) is 0. The summed E-state index contributed by atoms with van der Waals surface area (Å²) >= 11 is 0. The van der Waals surface area contributed by atoms with E-state index in [-0.39, 0.29) is 17.1 Å². The second-order valence-electron chi connectivity index (χ2n) is 3.29. The normalized spacial score (nSPS) is 14.6. The standard InChI is InChI=1S/C10H18N4O2.Fe/c1-7(9(3)13-15)11-5-6-12-8(2)10(4)14-16;/h15-16H,5-6H2,1-4H3;/q;+2/p-2/b11-7?,12-8?,13-9-,14-10+;. The molecule has 0 N–H and O–H groups in total. The Morgan fingerprint density at radius 1 is 0.706 bits per heavy atom. The Morgan fingerprint density at radius 2 is 1.00 bits per heavy atom. The van der Waals surface area contributed by atoms with Crippen LogP contribution in [-0.4, -0.2) is 35.9 Å². The molecule has 0 aromatic rings. The Bertz CT molecular complexity index is 314. The molecule has 6 nitrogen and oxygen atoms in total. The molecule has 17 heavy (non-hydrogen) atoms. The van der Waals surface area contributed by atoms with Crippen molar-refractivity contribution >= 4 is 22.8 Å². The van der Waals surface area contributed by atoms with E-state index in [1.165, 1.54) is 0 Å². The smallest absolute Gasteiger partial charge is 0.792 e. The van der Waals surface area contributed by atoms with E-state index in [4.69, 9.17) is 0 Å². The van der Waals surface area contributed by atoms with Gasteiger partial charge in [0.15, 0.2) is 0 Å². The van der Waals surface area contributed by atoms with Gasteiger partial charge in [-0.1, -0.05) is 0 Å². The molecule has 0 atom stereocenters. The molecule has 0 aromatic heterocycles. The van der Waals surface area contributed by atoms with E-state index in [9.17, 15) is 10.4 Å². The second-order valence-corrected chi connectivity index (χ2v) is 3.29. The van der Waals surface area contributed by atoms with E-state index in [0.717, 1.165) is 0 Å². The Labute approximate surface area is 112 Å². The molecule has 0 saturated carbocycles. The van der Waals surface area contributed by atoms with Gasteiger partial charge in [-0.05, 0) is 27.7 Å². The summed E-state index contributed by atoms with van der Waals surface area (Å²) in [6, 6.07) is 0. The molecule has 0 spiro atoms. The molecule has 7 heteroatoms. The first-order valence-corrected chi connectivity index (χ1v) is 4.89. The SMILES string of the molecule is CC(=NCCN=C(C)/C(C)=N/[O-])/C(C)=N\[O-].[Fe+2]. The third-order valence-electron chi connectivity index (χ3n) is 2.12. The molecule has 0 heterocycles. The van der Waals surface area contributed by atoms with Crippen LogP contribution in [0.15, 0.2) is 20.3 Å². The molecule has 0 radical (unpaired) electrons. The summed E-state index contributed by atoms with van der Waals surface area (Å²) in [5.41, 5.74) is 1.96. The number of hydrogen-bond donors (Lipinski definition) is 0. The topological polar surface area (TPSA) is 95.6 Å². The van der Waals surface area contributed by atoms with Crippen molar-refractivity contribution in [3.05, 3.63) is 10.4 Å². The van der Waals surface area contributed by atoms with Crippen LogP contribution in [-0.2, 0) is 17.1 Å². The maximum absolute atomic E-state index is 10.2. The molecule has 0 aliphatic carbocycles. The third kappa shape index (κ3) is 7.65. The molecule has 0 aromatic carbocycles. The van der Waals surface area contributed by atoms with Gasteiger partial charge in [0.25, 0.3) is 0 Å². The molecule has 96 valence electrons. The first-order valence-electron chi connectivity index (χ1n) is 4.89. The van der Waals surface area contributed by atoms with Gasteiger partial charge in [-0.3, -0.25) is 9.98 Å². The molecule has 0 rings (SSSR count). The second kappa shape index (κ2) is 9.99. The van der Waals surface area contributed by atoms with Crippen molar-refractivity contribution in [1.29, 1.82) is 0 Å². The minimum Gasteiger partial charge on any atom is -0.792 e. The number of rotatable bonds is 5. The van der Waals surface area contributed by atoms with Crippen molar-refractivity contribution in [2.75, 3.05) is 13.1 Å². The van der Waals surface area contributed by atoms with Crippen LogP contribution in [0, 0.1) is 10.4 Å². The summed E-state index contributed by atoms with van der Waals surface area (Å²) < 4.78 is 0. The molecule has 0 saturated heterocycles. The van der Waals surface area contributed by atoms with Crippen LogP contribution in [0.2, 0.25) is 0 Å². The first-order chi connectivity index (χ1) is 7.52. The number of hydrogen-bond acceptors (Lipinski definition) is 6. The molecular weight excluding hydrogens is 264 g/mol. The van der Waals surface area contributed by atoms with Crippen molar-refractivity contribution in [2.45, 2.75) is 27.7 Å². The van der Waals surface area contributed by atoms with Gasteiger partial charge in [0.1, 0.15) is 0 Å². The van der Waals surface area contributed by atoms with Crippen molar-refractivity contribution in [3.8, 4) is 0 Å². The summed E-state index contributed by atoms with van der Waals surface area (Å²) in [5.74, 6) is 0. The Morgan fingerprint density at radius 3 is 1.24 bits per heavy atom. The summed E-state index contributed by atoms with van der Waals surface area (Å²) in [4.78, 5) is 8.23. The van der Waals surface area contributed by atoms with Crippen LogP contribution in [0.5, 0.6) is 0 Å². The van der Waals surface area contributed by atoms with E-state index in [1.807, 2.05) is 0 Å². The Balaban J connectivity index is 0. The van der Waals surface area contributed by atoms with Gasteiger partial charge in [-0.2, -0.15) is 0 Å². The average Bonchev–Trinajstić information content (AvgIpc) is 2.31. The van der Waals surface area contributed by atoms with E-state index < -0.39 is 0 Å². The van der Waals surface area contributed by atoms with Crippen LogP contribution >= 0.6 is 0 Å². The van der Waals surface area contributed by atoms with Gasteiger partial charge in [0.05, 0.1) is 24.5 Å². The van der Waals surface area contributed by atoms with E-state index in [1.54, 1.807) is 27.7 Å². The molecule has 0 amide bonds. The van der Waals surface area contributed by atoms with Gasteiger partial charge in [0.2, 0.25) is 0 Å². The quantitative estimate of drug-likeness (QED) is 0.332. The van der Waals surface area contributed by atoms with Crippen molar-refractivity contribution in [3.63, 3.8) is 0 Å². The predicted octanol–water partition coefficient (Wildman–Crippen LogP) is 1.82. The fourth-order valence-corrected chi connectivity index (χ4v) is 0.796. The number of aliphatic imine (C=N–C) groups is 2. The van der Waals surface area contributed by atoms with Crippen LogP contribution in [0.4, 0.5) is 0 Å². The van der Waals surface area contributed by atoms with Crippen molar-refractivity contribution < 1.29 is 17.1 Å². The maximum atomic E-state index is 10.2. The summed E-state index contributed by atoms with van der Waals surface area (Å²) in [6.45, 7) is 7.57. The van der Waals surface area contributed by atoms with Crippen molar-refractivity contribution in [2.24, 2.45) is 20.3 Å². The van der Waals surface area contributed by atoms with Gasteiger partial charge < -0.3 is 20.7 Å². The molecule has 0 aliphatic rings. The van der Waals surface area contributed by atoms with E-state index in [0.29, 0.717) is 35.9 Å². The van der Waals surface area contributed by atoms with Crippen LogP contribution in [0.25, 0.3) is 0 Å². The maximum Gasteiger partial charge on any atom is 2.00 e. The zero-order valence-electron chi connectivity index (χ0n) is 10.4. The third-order valence-corrected chi connectivity index (χ3v) is 2.12. The minimum atomic E-state index is 0. The van der Waals surface area contributed by atoms with Gasteiger partial charge in [0, 0.05) is 11.4 Å². The van der Waals surface area contributed by atoms with Crippen LogP contribution in [0.1, 0.15) is 27.7 Å². The van der Waals surface area contributed by atoms with Gasteiger partial charge in [-0.15, -0.1) is 0 Å². The molecule has 0 unspecified atom stereocenters. The predicted molar refractivity (Wildman–Crippen MR) is 68.9 cm³/mol. The largest absolute Gasteiger partial charge is 2.00 e. The van der Waals surface area contributed by atoms with Crippen molar-refractivity contribution in [1.82, 2.24) is 0 Å². The fourth-order valence-electron chi connectivity index (χ4n) is 0.796. The van der Waals surface area contributed by atoms with Crippen LogP contribution < -0.4 is 0 Å². The average molecular weight is 280 g/mol. The monoisotopic (exact) mass is 280 g/mol. The minimum absolute atomic E-state index is 0. The van der Waals surface area contributed by atoms with Gasteiger partial charge >= 0.3 is 17.1 Å². The number of nitrogens with zero attached hydrogens (tertiary/aromatic N) is 4. The van der Waals surface area contributed by atoms with E-state index >= 15 is 0 Å². The molecule has 0 aliphatic heterocycles. The summed E-state index contributed by atoms with van der Waals surface area (Å²) in [5, 5.41) is 25.9. The zero-order chi connectivity index (χ0) is 12.6.